The number of ether oxygens (including phenoxy) is 2. The first-order valence-electron chi connectivity index (χ1n) is 12.5. The number of carbonyl (C=O) groups is 1. The van der Waals surface area contributed by atoms with Gasteiger partial charge in [-0.15, -0.1) is 0 Å². The highest BCUT2D eigenvalue weighted by molar-refractivity contribution is 7.91. The Hall–Kier alpha value is -2.82. The van der Waals surface area contributed by atoms with E-state index >= 15 is 0 Å². The Bertz CT molecular complexity index is 1430. The second-order valence-corrected chi connectivity index (χ2v) is 12.3. The van der Waals surface area contributed by atoms with Crippen molar-refractivity contribution >= 4 is 26.8 Å². The number of nitrogens with zero attached hydrogens (tertiary/aromatic N) is 4. The van der Waals surface area contributed by atoms with E-state index in [4.69, 9.17) is 19.6 Å². The van der Waals surface area contributed by atoms with E-state index in [9.17, 15) is 13.2 Å². The third-order valence-electron chi connectivity index (χ3n) is 7.59. The minimum Gasteiger partial charge on any atom is -0.347 e. The first kappa shape index (κ1) is 23.6. The Morgan fingerprint density at radius 1 is 1.08 bits per heavy atom. The van der Waals surface area contributed by atoms with Crippen LogP contribution in [0.2, 0.25) is 0 Å². The molecule has 190 valence electrons. The molecule has 1 unspecified atom stereocenters. The zero-order valence-corrected chi connectivity index (χ0v) is 21.4. The van der Waals surface area contributed by atoms with Crippen molar-refractivity contribution in [3.05, 3.63) is 47.2 Å². The molecule has 9 nitrogen and oxygen atoms in total. The molecule has 1 spiro atoms. The molecule has 6 rings (SSSR count). The molecule has 1 atom stereocenters. The number of piperidine rings is 1. The summed E-state index contributed by atoms with van der Waals surface area (Å²) in [6.07, 6.45) is 1.76. The van der Waals surface area contributed by atoms with Crippen molar-refractivity contribution in [1.82, 2.24) is 19.7 Å². The number of sulfone groups is 1. The summed E-state index contributed by atoms with van der Waals surface area (Å²) in [6, 6.07) is 9.57. The van der Waals surface area contributed by atoms with Crippen molar-refractivity contribution in [3.63, 3.8) is 0 Å². The number of benzene rings is 1. The molecule has 3 fully saturated rings. The Morgan fingerprint density at radius 2 is 1.78 bits per heavy atom. The summed E-state index contributed by atoms with van der Waals surface area (Å²) in [5.74, 6) is -0.463. The first-order valence-corrected chi connectivity index (χ1v) is 14.3. The number of amides is 1. The molecule has 3 aliphatic rings. The van der Waals surface area contributed by atoms with Crippen LogP contribution < -0.4 is 0 Å². The topological polar surface area (TPSA) is 104 Å². The average molecular weight is 511 g/mol. The van der Waals surface area contributed by atoms with Crippen LogP contribution in [0.25, 0.3) is 22.3 Å². The number of hydrogen-bond acceptors (Lipinski definition) is 7. The van der Waals surface area contributed by atoms with Crippen molar-refractivity contribution in [3.8, 4) is 11.3 Å². The summed E-state index contributed by atoms with van der Waals surface area (Å²) in [4.78, 5) is 20.7. The van der Waals surface area contributed by atoms with E-state index in [-0.39, 0.29) is 23.5 Å². The molecule has 1 amide bonds. The van der Waals surface area contributed by atoms with Gasteiger partial charge in [-0.25, -0.2) is 18.1 Å². The highest BCUT2D eigenvalue weighted by atomic mass is 32.2. The smallest absolute Gasteiger partial charge is 0.254 e. The summed E-state index contributed by atoms with van der Waals surface area (Å²) in [5.41, 5.74) is 4.48. The van der Waals surface area contributed by atoms with Crippen LogP contribution in [0.4, 0.5) is 0 Å². The molecule has 3 aromatic rings. The van der Waals surface area contributed by atoms with Gasteiger partial charge in [-0.05, 0) is 26.3 Å². The molecule has 0 aliphatic carbocycles. The maximum absolute atomic E-state index is 13.9. The van der Waals surface area contributed by atoms with E-state index in [1.807, 2.05) is 49.1 Å². The van der Waals surface area contributed by atoms with Crippen molar-refractivity contribution in [2.45, 2.75) is 44.9 Å². The van der Waals surface area contributed by atoms with Gasteiger partial charge >= 0.3 is 0 Å². The fourth-order valence-electron chi connectivity index (χ4n) is 5.58. The number of aromatic nitrogens is 3. The molecular formula is C26H30N4O5S. The summed E-state index contributed by atoms with van der Waals surface area (Å²) in [5, 5.41) is 5.40. The monoisotopic (exact) mass is 510 g/mol. The molecule has 0 radical (unpaired) electrons. The molecule has 5 heterocycles. The molecule has 3 aliphatic heterocycles. The van der Waals surface area contributed by atoms with E-state index in [2.05, 4.69) is 0 Å². The summed E-state index contributed by atoms with van der Waals surface area (Å²) in [7, 11) is -3.11. The van der Waals surface area contributed by atoms with Crippen LogP contribution in [0.5, 0.6) is 0 Å². The maximum Gasteiger partial charge on any atom is 0.254 e. The van der Waals surface area contributed by atoms with Crippen molar-refractivity contribution in [2.24, 2.45) is 0 Å². The third kappa shape index (κ3) is 4.10. The number of aryl methyl sites for hydroxylation is 2. The SMILES string of the molecule is Cc1ccc(-c2cc(C(=O)N3CCC4(CC3)OCCO4)c3c(C)nn(C4CCS(=O)(=O)C4)c3n2)cc1. The van der Waals surface area contributed by atoms with Gasteiger partial charge < -0.3 is 14.4 Å². The molecule has 1 aromatic carbocycles. The van der Waals surface area contributed by atoms with Crippen LogP contribution in [-0.4, -0.2) is 77.6 Å². The molecule has 0 bridgehead atoms. The molecule has 0 saturated carbocycles. The van der Waals surface area contributed by atoms with Gasteiger partial charge in [-0.2, -0.15) is 5.10 Å². The lowest BCUT2D eigenvalue weighted by atomic mass is 10.0. The fraction of sp³-hybridized carbons (Fsp3) is 0.500. The van der Waals surface area contributed by atoms with Gasteiger partial charge in [0.1, 0.15) is 0 Å². The lowest BCUT2D eigenvalue weighted by Crippen LogP contribution is -2.47. The van der Waals surface area contributed by atoms with Gasteiger partial charge in [0.15, 0.2) is 21.3 Å². The maximum atomic E-state index is 13.9. The number of rotatable bonds is 3. The van der Waals surface area contributed by atoms with Gasteiger partial charge in [-0.3, -0.25) is 4.79 Å². The number of pyridine rings is 1. The van der Waals surface area contributed by atoms with Crippen LogP contribution in [0.3, 0.4) is 0 Å². The average Bonchev–Trinajstić information content (AvgIpc) is 3.56. The largest absolute Gasteiger partial charge is 0.347 e. The normalized spacial score (nSPS) is 23.1. The number of likely N-dealkylation sites (tertiary alicyclic amines) is 1. The molecule has 36 heavy (non-hydrogen) atoms. The summed E-state index contributed by atoms with van der Waals surface area (Å²) < 4.78 is 37.8. The van der Waals surface area contributed by atoms with Gasteiger partial charge in [0, 0.05) is 31.5 Å². The third-order valence-corrected chi connectivity index (χ3v) is 9.35. The van der Waals surface area contributed by atoms with Gasteiger partial charge in [0.05, 0.1) is 53.1 Å². The lowest BCUT2D eigenvalue weighted by Gasteiger charge is -2.37. The Balaban J connectivity index is 1.44. The van der Waals surface area contributed by atoms with Crippen LogP contribution in [0.15, 0.2) is 30.3 Å². The number of hydrogen-bond donors (Lipinski definition) is 0. The Labute approximate surface area is 210 Å². The van der Waals surface area contributed by atoms with E-state index in [0.29, 0.717) is 73.6 Å². The van der Waals surface area contributed by atoms with Gasteiger partial charge in [0.25, 0.3) is 5.91 Å². The highest BCUT2D eigenvalue weighted by Crippen LogP contribution is 2.35. The second-order valence-electron chi connectivity index (χ2n) is 10.1. The van der Waals surface area contributed by atoms with E-state index in [1.54, 1.807) is 4.68 Å². The summed E-state index contributed by atoms with van der Waals surface area (Å²) in [6.45, 7) is 6.14. The minimum absolute atomic E-state index is 0.0388. The predicted octanol–water partition coefficient (Wildman–Crippen LogP) is 3.05. The second kappa shape index (κ2) is 8.64. The predicted molar refractivity (Wildman–Crippen MR) is 135 cm³/mol. The number of carbonyl (C=O) groups excluding carboxylic acids is 1. The fourth-order valence-corrected chi connectivity index (χ4v) is 7.28. The highest BCUT2D eigenvalue weighted by Gasteiger charge is 2.41. The van der Waals surface area contributed by atoms with Crippen molar-refractivity contribution in [2.75, 3.05) is 37.8 Å². The zero-order chi connectivity index (χ0) is 25.1. The number of fused-ring (bicyclic) bond motifs is 1. The van der Waals surface area contributed by atoms with E-state index in [1.165, 1.54) is 0 Å². The van der Waals surface area contributed by atoms with E-state index in [0.717, 1.165) is 11.1 Å². The standard InChI is InChI=1S/C26H30N4O5S/c1-17-3-5-19(6-4-17)22-15-21(25(31)29-10-8-26(9-11-29)34-12-13-35-26)23-18(2)28-30(24(23)27-22)20-7-14-36(32,33)16-20/h3-6,15,20H,7-14,16H2,1-2H3. The van der Waals surface area contributed by atoms with Crippen molar-refractivity contribution < 1.29 is 22.7 Å². The van der Waals surface area contributed by atoms with Crippen LogP contribution in [0.1, 0.15) is 46.9 Å². The first-order chi connectivity index (χ1) is 17.2. The molecule has 10 heteroatoms. The molecular weight excluding hydrogens is 480 g/mol. The lowest BCUT2D eigenvalue weighted by molar-refractivity contribution is -0.181. The van der Waals surface area contributed by atoms with Gasteiger partial charge in [0.2, 0.25) is 0 Å². The molecule has 2 aromatic heterocycles. The minimum atomic E-state index is -3.11. The van der Waals surface area contributed by atoms with Crippen LogP contribution >= 0.6 is 0 Å². The van der Waals surface area contributed by atoms with Crippen molar-refractivity contribution in [1.29, 1.82) is 0 Å². The van der Waals surface area contributed by atoms with Gasteiger partial charge in [-0.1, -0.05) is 29.8 Å². The van der Waals surface area contributed by atoms with Crippen LogP contribution in [0, 0.1) is 13.8 Å². The summed E-state index contributed by atoms with van der Waals surface area (Å²) >= 11 is 0. The quantitative estimate of drug-likeness (QED) is 0.533. The van der Waals surface area contributed by atoms with Crippen LogP contribution in [-0.2, 0) is 19.3 Å². The Kier molecular flexibility index (Phi) is 5.66. The van der Waals surface area contributed by atoms with E-state index < -0.39 is 15.6 Å². The molecule has 0 N–H and O–H groups in total. The zero-order valence-electron chi connectivity index (χ0n) is 20.6. The molecule has 3 saturated heterocycles. The Morgan fingerprint density at radius 3 is 2.42 bits per heavy atom.